The maximum Gasteiger partial charge on any atom is 0.224 e. The minimum Gasteiger partial charge on any atom is -0.381 e. The summed E-state index contributed by atoms with van der Waals surface area (Å²) in [5.41, 5.74) is 2.70. The maximum atomic E-state index is 12.2. The molecule has 1 unspecified atom stereocenters. The molecule has 30 heavy (non-hydrogen) atoms. The summed E-state index contributed by atoms with van der Waals surface area (Å²) in [4.78, 5) is 16.4. The molecule has 2 atom stereocenters. The van der Waals surface area contributed by atoms with Crippen LogP contribution in [0.1, 0.15) is 36.8 Å². The molecule has 1 aliphatic heterocycles. The van der Waals surface area contributed by atoms with Gasteiger partial charge in [-0.2, -0.15) is 0 Å². The van der Waals surface area contributed by atoms with E-state index in [1.165, 1.54) is 43.5 Å². The first-order chi connectivity index (χ1) is 14.6. The molecule has 168 valence electrons. The van der Waals surface area contributed by atoms with E-state index in [9.17, 15) is 4.79 Å². The lowest BCUT2D eigenvalue weighted by molar-refractivity contribution is -0.143. The van der Waals surface area contributed by atoms with Gasteiger partial charge in [0.2, 0.25) is 5.91 Å². The first-order valence-corrected chi connectivity index (χ1v) is 11.3. The molecule has 2 aliphatic rings. The van der Waals surface area contributed by atoms with E-state index in [-0.39, 0.29) is 5.91 Å². The Labute approximate surface area is 181 Å². The monoisotopic (exact) mass is 418 g/mol. The summed E-state index contributed by atoms with van der Waals surface area (Å²) in [7, 11) is 4.90. The Kier molecular flexibility index (Phi) is 9.12. The number of hydrogen-bond donors (Lipinski definition) is 0. The molecule has 1 amide bonds. The third kappa shape index (κ3) is 6.77. The molecule has 6 heteroatoms. The zero-order chi connectivity index (χ0) is 21.3. The highest BCUT2D eigenvalue weighted by Gasteiger charge is 2.35. The van der Waals surface area contributed by atoms with Crippen LogP contribution in [0.2, 0.25) is 0 Å². The van der Waals surface area contributed by atoms with Crippen molar-refractivity contribution in [2.75, 3.05) is 54.1 Å². The van der Waals surface area contributed by atoms with Crippen LogP contribution in [0.25, 0.3) is 0 Å². The Morgan fingerprint density at radius 3 is 2.53 bits per heavy atom. The van der Waals surface area contributed by atoms with Crippen LogP contribution >= 0.6 is 0 Å². The van der Waals surface area contributed by atoms with Crippen molar-refractivity contribution < 1.29 is 19.0 Å². The number of carbonyl (C=O) groups excluding carboxylic acids is 1. The Bertz CT molecular complexity index is 652. The molecule has 1 aromatic carbocycles. The number of nitrogens with zero attached hydrogens (tertiary/aromatic N) is 2. The van der Waals surface area contributed by atoms with Crippen LogP contribution in [0.5, 0.6) is 0 Å². The molecule has 6 nitrogen and oxygen atoms in total. The third-order valence-electron chi connectivity index (χ3n) is 6.57. The third-order valence-corrected chi connectivity index (χ3v) is 6.57. The molecule has 3 rings (SSSR count). The molecule has 0 radical (unpaired) electrons. The topological polar surface area (TPSA) is 51.2 Å². The number of ether oxygens (including phenoxy) is 3. The van der Waals surface area contributed by atoms with Gasteiger partial charge in [-0.1, -0.05) is 30.7 Å². The van der Waals surface area contributed by atoms with Gasteiger partial charge in [0.15, 0.2) is 6.29 Å². The minimum atomic E-state index is -0.396. The number of benzene rings is 1. The quantitative estimate of drug-likeness (QED) is 0.386. The van der Waals surface area contributed by atoms with E-state index in [0.717, 1.165) is 24.8 Å². The average Bonchev–Trinajstić information content (AvgIpc) is 3.33. The fourth-order valence-electron chi connectivity index (χ4n) is 4.82. The molecule has 0 bridgehead atoms. The molecule has 0 spiro atoms. The molecule has 1 saturated carbocycles. The molecular formula is C24H38N2O4. The van der Waals surface area contributed by atoms with Gasteiger partial charge in [0, 0.05) is 40.9 Å². The lowest BCUT2D eigenvalue weighted by Gasteiger charge is -2.22. The highest BCUT2D eigenvalue weighted by Crippen LogP contribution is 2.38. The number of rotatable bonds is 12. The molecule has 0 aromatic heterocycles. The summed E-state index contributed by atoms with van der Waals surface area (Å²) in [6, 6.07) is 8.87. The van der Waals surface area contributed by atoms with E-state index in [1.807, 2.05) is 0 Å². The van der Waals surface area contributed by atoms with Gasteiger partial charge in [-0.05, 0) is 42.2 Å². The summed E-state index contributed by atoms with van der Waals surface area (Å²) < 4.78 is 16.0. The van der Waals surface area contributed by atoms with Crippen molar-refractivity contribution in [3.05, 3.63) is 35.4 Å². The summed E-state index contributed by atoms with van der Waals surface area (Å²) in [6.45, 7) is 5.09. The Balaban J connectivity index is 1.32. The largest absolute Gasteiger partial charge is 0.381 e. The van der Waals surface area contributed by atoms with Crippen LogP contribution in [-0.4, -0.2) is 76.1 Å². The van der Waals surface area contributed by atoms with Gasteiger partial charge in [0.25, 0.3) is 0 Å². The van der Waals surface area contributed by atoms with Gasteiger partial charge in [-0.25, -0.2) is 0 Å². The van der Waals surface area contributed by atoms with Crippen molar-refractivity contribution in [1.82, 2.24) is 9.80 Å². The Morgan fingerprint density at radius 1 is 1.13 bits per heavy atom. The first kappa shape index (κ1) is 23.2. The van der Waals surface area contributed by atoms with Gasteiger partial charge in [-0.15, -0.1) is 0 Å². The highest BCUT2D eigenvalue weighted by atomic mass is 16.7. The molecule has 1 heterocycles. The summed E-state index contributed by atoms with van der Waals surface area (Å²) in [5.74, 6) is 1.92. The van der Waals surface area contributed by atoms with Crippen molar-refractivity contribution in [3.63, 3.8) is 0 Å². The van der Waals surface area contributed by atoms with E-state index in [1.54, 1.807) is 26.2 Å². The van der Waals surface area contributed by atoms with E-state index >= 15 is 0 Å². The molecule has 1 aromatic rings. The normalized spacial score (nSPS) is 21.3. The number of carbonyl (C=O) groups is 1. The number of amides is 1. The standard InChI is InChI=1S/C24H38N2O4/c1-25(18-24(28-2)29-3)23(27)11-13-30-12-10-19-6-4-7-20(14-19)15-26-16-21-8-5-9-22(21)17-26/h4,6-7,14,21-22,24H,5,8-13,15-18H2,1-3H3/t21-,22?/m1/s1. The second-order valence-corrected chi connectivity index (χ2v) is 8.75. The number of fused-ring (bicyclic) bond motifs is 1. The van der Waals surface area contributed by atoms with Crippen molar-refractivity contribution in [1.29, 1.82) is 0 Å². The van der Waals surface area contributed by atoms with Crippen LogP contribution in [-0.2, 0) is 32.0 Å². The van der Waals surface area contributed by atoms with E-state index in [4.69, 9.17) is 14.2 Å². The predicted octanol–water partition coefficient (Wildman–Crippen LogP) is 2.95. The number of methoxy groups -OCH3 is 2. The second-order valence-electron chi connectivity index (χ2n) is 8.75. The zero-order valence-corrected chi connectivity index (χ0v) is 18.8. The second kappa shape index (κ2) is 11.8. The van der Waals surface area contributed by atoms with E-state index < -0.39 is 6.29 Å². The van der Waals surface area contributed by atoms with Crippen molar-refractivity contribution in [3.8, 4) is 0 Å². The highest BCUT2D eigenvalue weighted by molar-refractivity contribution is 5.75. The number of likely N-dealkylation sites (N-methyl/N-ethyl adjacent to an activating group) is 1. The maximum absolute atomic E-state index is 12.2. The predicted molar refractivity (Wildman–Crippen MR) is 117 cm³/mol. The van der Waals surface area contributed by atoms with Gasteiger partial charge in [0.1, 0.15) is 0 Å². The summed E-state index contributed by atoms with van der Waals surface area (Å²) in [5, 5.41) is 0. The van der Waals surface area contributed by atoms with Gasteiger partial charge >= 0.3 is 0 Å². The van der Waals surface area contributed by atoms with Gasteiger partial charge < -0.3 is 19.1 Å². The fourth-order valence-corrected chi connectivity index (χ4v) is 4.82. The molecule has 2 fully saturated rings. The number of hydrogen-bond acceptors (Lipinski definition) is 5. The fraction of sp³-hybridized carbons (Fsp3) is 0.708. The van der Waals surface area contributed by atoms with Crippen LogP contribution in [0.3, 0.4) is 0 Å². The zero-order valence-electron chi connectivity index (χ0n) is 18.8. The van der Waals surface area contributed by atoms with Gasteiger partial charge in [0.05, 0.1) is 26.2 Å². The van der Waals surface area contributed by atoms with E-state index in [0.29, 0.717) is 26.2 Å². The number of likely N-dealkylation sites (tertiary alicyclic amines) is 1. The molecule has 1 aliphatic carbocycles. The summed E-state index contributed by atoms with van der Waals surface area (Å²) >= 11 is 0. The molecule has 0 N–H and O–H groups in total. The van der Waals surface area contributed by atoms with Crippen molar-refractivity contribution in [2.24, 2.45) is 11.8 Å². The van der Waals surface area contributed by atoms with Crippen LogP contribution in [0.4, 0.5) is 0 Å². The Hall–Kier alpha value is -1.47. The van der Waals surface area contributed by atoms with Crippen molar-refractivity contribution >= 4 is 5.91 Å². The van der Waals surface area contributed by atoms with E-state index in [2.05, 4.69) is 29.2 Å². The van der Waals surface area contributed by atoms with Gasteiger partial charge in [-0.3, -0.25) is 9.69 Å². The molecule has 1 saturated heterocycles. The SMILES string of the molecule is COC(CN(C)C(=O)CCOCCc1cccc(CN2CC3CCC[C@@H]3C2)c1)OC. The first-order valence-electron chi connectivity index (χ1n) is 11.3. The van der Waals surface area contributed by atoms with Crippen LogP contribution < -0.4 is 0 Å². The molecular weight excluding hydrogens is 380 g/mol. The van der Waals surface area contributed by atoms with Crippen molar-refractivity contribution in [2.45, 2.75) is 44.9 Å². The lowest BCUT2D eigenvalue weighted by Crippen LogP contribution is -2.36. The summed E-state index contributed by atoms with van der Waals surface area (Å²) in [6.07, 6.45) is 5.13. The smallest absolute Gasteiger partial charge is 0.224 e. The Morgan fingerprint density at radius 2 is 1.83 bits per heavy atom. The average molecular weight is 419 g/mol. The van der Waals surface area contributed by atoms with Crippen LogP contribution in [0, 0.1) is 11.8 Å². The minimum absolute atomic E-state index is 0.0338. The van der Waals surface area contributed by atoms with Crippen LogP contribution in [0.15, 0.2) is 24.3 Å². The lowest BCUT2D eigenvalue weighted by atomic mass is 10.0.